The standard InChI is InChI=1S/C12H14N2OS2/c1-7-8(4-5-15-7)17-9-2-3-10-12(11(9)13)14-6-16-10/h2-3,6-8H,4-5,13H2,1H3. The lowest BCUT2D eigenvalue weighted by Gasteiger charge is -2.14. The minimum Gasteiger partial charge on any atom is -0.396 e. The largest absolute Gasteiger partial charge is 0.396 e. The molecule has 0 saturated carbocycles. The van der Waals surface area contributed by atoms with Crippen LogP contribution in [-0.2, 0) is 4.74 Å². The van der Waals surface area contributed by atoms with Crippen molar-refractivity contribution >= 4 is 39.0 Å². The number of ether oxygens (including phenoxy) is 1. The zero-order valence-corrected chi connectivity index (χ0v) is 11.2. The van der Waals surface area contributed by atoms with Gasteiger partial charge in [0.1, 0.15) is 5.52 Å². The quantitative estimate of drug-likeness (QED) is 0.848. The van der Waals surface area contributed by atoms with Gasteiger partial charge in [-0.2, -0.15) is 0 Å². The zero-order chi connectivity index (χ0) is 11.8. The number of nitrogen functional groups attached to an aromatic ring is 1. The Morgan fingerprint density at radius 3 is 3.18 bits per heavy atom. The average Bonchev–Trinajstić information content (AvgIpc) is 2.92. The Hall–Kier alpha value is -0.780. The second kappa shape index (κ2) is 4.48. The molecule has 0 radical (unpaired) electrons. The van der Waals surface area contributed by atoms with Gasteiger partial charge in [-0.25, -0.2) is 4.98 Å². The molecule has 0 spiro atoms. The van der Waals surface area contributed by atoms with E-state index in [-0.39, 0.29) is 0 Å². The van der Waals surface area contributed by atoms with Gasteiger partial charge in [0.2, 0.25) is 0 Å². The van der Waals surface area contributed by atoms with Gasteiger partial charge in [-0.3, -0.25) is 0 Å². The molecule has 0 amide bonds. The number of aromatic nitrogens is 1. The average molecular weight is 266 g/mol. The molecule has 2 atom stereocenters. The summed E-state index contributed by atoms with van der Waals surface area (Å²) in [5.41, 5.74) is 9.76. The molecule has 1 saturated heterocycles. The van der Waals surface area contributed by atoms with E-state index in [2.05, 4.69) is 24.0 Å². The molecule has 1 aliphatic rings. The summed E-state index contributed by atoms with van der Waals surface area (Å²) in [7, 11) is 0. The number of thioether (sulfide) groups is 1. The van der Waals surface area contributed by atoms with Crippen LogP contribution in [0.4, 0.5) is 5.69 Å². The first-order chi connectivity index (χ1) is 8.25. The normalized spacial score (nSPS) is 24.5. The fourth-order valence-corrected chi connectivity index (χ4v) is 3.94. The van der Waals surface area contributed by atoms with Crippen molar-refractivity contribution in [3.8, 4) is 0 Å². The molecule has 1 aromatic heterocycles. The Kier molecular flexibility index (Phi) is 2.98. The van der Waals surface area contributed by atoms with Gasteiger partial charge in [0, 0.05) is 16.8 Å². The first kappa shape index (κ1) is 11.3. The van der Waals surface area contributed by atoms with Gasteiger partial charge in [-0.05, 0) is 25.5 Å². The van der Waals surface area contributed by atoms with Crippen molar-refractivity contribution in [2.75, 3.05) is 12.3 Å². The fraction of sp³-hybridized carbons (Fsp3) is 0.417. The fourth-order valence-electron chi connectivity index (χ4n) is 2.07. The van der Waals surface area contributed by atoms with Gasteiger partial charge >= 0.3 is 0 Å². The highest BCUT2D eigenvalue weighted by Crippen LogP contribution is 2.38. The Labute approximate surface area is 108 Å². The van der Waals surface area contributed by atoms with Crippen LogP contribution in [0.1, 0.15) is 13.3 Å². The van der Waals surface area contributed by atoms with Crippen molar-refractivity contribution in [1.29, 1.82) is 0 Å². The third-order valence-corrected chi connectivity index (χ3v) is 5.41. The predicted molar refractivity (Wildman–Crippen MR) is 73.7 cm³/mol. The van der Waals surface area contributed by atoms with Crippen molar-refractivity contribution < 1.29 is 4.74 Å². The molecule has 0 aliphatic carbocycles. The molecule has 1 aromatic carbocycles. The van der Waals surface area contributed by atoms with E-state index in [1.54, 1.807) is 11.3 Å². The minimum absolute atomic E-state index is 0.311. The number of anilines is 1. The summed E-state index contributed by atoms with van der Waals surface area (Å²) in [5.74, 6) is 0. The molecular weight excluding hydrogens is 252 g/mol. The topological polar surface area (TPSA) is 48.1 Å². The Morgan fingerprint density at radius 1 is 1.53 bits per heavy atom. The number of nitrogens with zero attached hydrogens (tertiary/aromatic N) is 1. The Bertz CT molecular complexity index is 540. The van der Waals surface area contributed by atoms with Crippen LogP contribution < -0.4 is 5.73 Å². The van der Waals surface area contributed by atoms with E-state index >= 15 is 0 Å². The molecular formula is C12H14N2OS2. The van der Waals surface area contributed by atoms with E-state index in [1.807, 2.05) is 17.3 Å². The molecule has 0 bridgehead atoms. The molecule has 1 aliphatic heterocycles. The number of benzene rings is 1. The van der Waals surface area contributed by atoms with Crippen molar-refractivity contribution in [3.63, 3.8) is 0 Å². The molecule has 17 heavy (non-hydrogen) atoms. The van der Waals surface area contributed by atoms with Crippen LogP contribution in [0.5, 0.6) is 0 Å². The maximum atomic E-state index is 6.17. The van der Waals surface area contributed by atoms with Crippen molar-refractivity contribution in [2.45, 2.75) is 29.6 Å². The predicted octanol–water partition coefficient (Wildman–Crippen LogP) is 3.15. The second-order valence-electron chi connectivity index (χ2n) is 4.20. The molecule has 2 N–H and O–H groups in total. The van der Waals surface area contributed by atoms with Crippen LogP contribution in [0, 0.1) is 0 Å². The molecule has 1 fully saturated rings. The number of hydrogen-bond donors (Lipinski definition) is 1. The van der Waals surface area contributed by atoms with E-state index in [1.165, 1.54) is 0 Å². The van der Waals surface area contributed by atoms with E-state index in [9.17, 15) is 0 Å². The van der Waals surface area contributed by atoms with Gasteiger partial charge in [-0.15, -0.1) is 23.1 Å². The van der Waals surface area contributed by atoms with Crippen LogP contribution >= 0.6 is 23.1 Å². The number of fused-ring (bicyclic) bond motifs is 1. The highest BCUT2D eigenvalue weighted by Gasteiger charge is 2.26. The van der Waals surface area contributed by atoms with Gasteiger partial charge in [0.05, 0.1) is 22.0 Å². The summed E-state index contributed by atoms with van der Waals surface area (Å²) in [4.78, 5) is 5.45. The van der Waals surface area contributed by atoms with Gasteiger partial charge < -0.3 is 10.5 Å². The summed E-state index contributed by atoms with van der Waals surface area (Å²) in [6, 6.07) is 4.21. The minimum atomic E-state index is 0.311. The highest BCUT2D eigenvalue weighted by atomic mass is 32.2. The van der Waals surface area contributed by atoms with E-state index in [0.29, 0.717) is 11.4 Å². The molecule has 3 nitrogen and oxygen atoms in total. The summed E-state index contributed by atoms with van der Waals surface area (Å²) < 4.78 is 6.73. The third kappa shape index (κ3) is 2.03. The van der Waals surface area contributed by atoms with Crippen molar-refractivity contribution in [2.24, 2.45) is 0 Å². The molecule has 2 aromatic rings. The van der Waals surface area contributed by atoms with Crippen LogP contribution in [0.25, 0.3) is 10.2 Å². The maximum absolute atomic E-state index is 6.17. The third-order valence-electron chi connectivity index (χ3n) is 3.09. The van der Waals surface area contributed by atoms with Gasteiger partial charge in [0.25, 0.3) is 0 Å². The number of thiazole rings is 1. The Balaban J connectivity index is 1.92. The molecule has 3 rings (SSSR count). The van der Waals surface area contributed by atoms with Crippen LogP contribution in [0.15, 0.2) is 22.5 Å². The van der Waals surface area contributed by atoms with Gasteiger partial charge in [0.15, 0.2) is 0 Å². The SMILES string of the molecule is CC1OCCC1Sc1ccc2scnc2c1N. The lowest BCUT2D eigenvalue weighted by molar-refractivity contribution is 0.127. The van der Waals surface area contributed by atoms with Crippen LogP contribution in [-0.4, -0.2) is 22.9 Å². The smallest absolute Gasteiger partial charge is 0.105 e. The van der Waals surface area contributed by atoms with E-state index in [4.69, 9.17) is 10.5 Å². The van der Waals surface area contributed by atoms with Crippen molar-refractivity contribution in [1.82, 2.24) is 4.98 Å². The van der Waals surface area contributed by atoms with E-state index in [0.717, 1.165) is 33.8 Å². The Morgan fingerprint density at radius 2 is 2.41 bits per heavy atom. The zero-order valence-electron chi connectivity index (χ0n) is 9.55. The van der Waals surface area contributed by atoms with Crippen LogP contribution in [0.2, 0.25) is 0 Å². The number of nitrogens with two attached hydrogens (primary N) is 1. The van der Waals surface area contributed by atoms with Crippen LogP contribution in [0.3, 0.4) is 0 Å². The number of hydrogen-bond acceptors (Lipinski definition) is 5. The molecule has 2 heterocycles. The highest BCUT2D eigenvalue weighted by molar-refractivity contribution is 8.00. The lowest BCUT2D eigenvalue weighted by atomic mass is 10.2. The van der Waals surface area contributed by atoms with E-state index < -0.39 is 0 Å². The lowest BCUT2D eigenvalue weighted by Crippen LogP contribution is -2.13. The maximum Gasteiger partial charge on any atom is 0.105 e. The monoisotopic (exact) mass is 266 g/mol. The summed E-state index contributed by atoms with van der Waals surface area (Å²) in [6.45, 7) is 2.99. The summed E-state index contributed by atoms with van der Waals surface area (Å²) in [6.07, 6.45) is 1.41. The number of rotatable bonds is 2. The molecule has 90 valence electrons. The van der Waals surface area contributed by atoms with Crippen molar-refractivity contribution in [3.05, 3.63) is 17.6 Å². The molecule has 5 heteroatoms. The first-order valence-electron chi connectivity index (χ1n) is 5.65. The van der Waals surface area contributed by atoms with Gasteiger partial charge in [-0.1, -0.05) is 0 Å². The summed E-state index contributed by atoms with van der Waals surface area (Å²) in [5, 5.41) is 0.508. The second-order valence-corrected chi connectivity index (χ2v) is 6.36. The molecule has 2 unspecified atom stereocenters. The summed E-state index contributed by atoms with van der Waals surface area (Å²) >= 11 is 3.45. The first-order valence-corrected chi connectivity index (χ1v) is 7.41.